The van der Waals surface area contributed by atoms with Crippen LogP contribution in [0, 0.1) is 12.7 Å². The number of amides is 1. The zero-order valence-corrected chi connectivity index (χ0v) is 17.7. The third kappa shape index (κ3) is 4.94. The topological polar surface area (TPSA) is 69.7 Å². The molecule has 0 spiro atoms. The maximum absolute atomic E-state index is 13.4. The largest absolute Gasteiger partial charge is 0.339 e. The summed E-state index contributed by atoms with van der Waals surface area (Å²) >= 11 is 0. The number of anilines is 1. The summed E-state index contributed by atoms with van der Waals surface area (Å²) < 4.78 is 40.9. The molecule has 1 N–H and O–H groups in total. The van der Waals surface area contributed by atoms with E-state index in [4.69, 9.17) is 0 Å². The number of carbonyl (C=O) groups is 1. The highest BCUT2D eigenvalue weighted by molar-refractivity contribution is 7.92. The first-order chi connectivity index (χ1) is 13.7. The molecule has 0 aliphatic carbocycles. The van der Waals surface area contributed by atoms with Gasteiger partial charge in [-0.1, -0.05) is 0 Å². The maximum Gasteiger partial charge on any atom is 0.261 e. The van der Waals surface area contributed by atoms with E-state index < -0.39 is 15.8 Å². The van der Waals surface area contributed by atoms with E-state index in [0.717, 1.165) is 32.0 Å². The van der Waals surface area contributed by atoms with Gasteiger partial charge in [-0.3, -0.25) is 9.52 Å². The Morgan fingerprint density at radius 2 is 1.76 bits per heavy atom. The summed E-state index contributed by atoms with van der Waals surface area (Å²) in [7, 11) is 0.0447. The zero-order valence-electron chi connectivity index (χ0n) is 16.9. The van der Waals surface area contributed by atoms with E-state index in [1.54, 1.807) is 29.2 Å². The van der Waals surface area contributed by atoms with Gasteiger partial charge in [0.1, 0.15) is 5.82 Å². The molecule has 0 aromatic heterocycles. The first-order valence-corrected chi connectivity index (χ1v) is 11.0. The van der Waals surface area contributed by atoms with Crippen LogP contribution in [0.1, 0.15) is 28.8 Å². The summed E-state index contributed by atoms with van der Waals surface area (Å²) in [5, 5.41) is 0. The van der Waals surface area contributed by atoms with Crippen molar-refractivity contribution >= 4 is 21.6 Å². The highest BCUT2D eigenvalue weighted by Crippen LogP contribution is 2.21. The average Bonchev–Trinajstić information content (AvgIpc) is 2.70. The Hall–Kier alpha value is -2.45. The summed E-state index contributed by atoms with van der Waals surface area (Å²) in [6.45, 7) is 3.44. The van der Waals surface area contributed by atoms with Crippen molar-refractivity contribution in [1.82, 2.24) is 9.80 Å². The summed E-state index contributed by atoms with van der Waals surface area (Å²) in [6.07, 6.45) is 1.88. The van der Waals surface area contributed by atoms with E-state index in [1.807, 2.05) is 7.05 Å². The van der Waals surface area contributed by atoms with Crippen LogP contribution in [0.4, 0.5) is 10.1 Å². The number of sulfonamides is 1. The number of rotatable bonds is 5. The molecule has 6 nitrogen and oxygen atoms in total. The van der Waals surface area contributed by atoms with Crippen molar-refractivity contribution in [2.45, 2.75) is 30.7 Å². The standard InChI is InChI=1S/C21H26FN3O3S/c1-15-14-19(8-9-20(15)22)29(27,28)23-17-6-4-16(5-7-17)21(26)25(3)18-10-12-24(2)13-11-18/h4-9,14,18,23H,10-13H2,1-3H3. The monoisotopic (exact) mass is 419 g/mol. The third-order valence-corrected chi connectivity index (χ3v) is 6.76. The molecule has 1 heterocycles. The fourth-order valence-electron chi connectivity index (χ4n) is 3.43. The van der Waals surface area contributed by atoms with Gasteiger partial charge in [0.2, 0.25) is 0 Å². The second-order valence-electron chi connectivity index (χ2n) is 7.54. The summed E-state index contributed by atoms with van der Waals surface area (Å²) in [5.74, 6) is -0.538. The fraction of sp³-hybridized carbons (Fsp3) is 0.381. The second kappa shape index (κ2) is 8.51. The van der Waals surface area contributed by atoms with E-state index in [9.17, 15) is 17.6 Å². The lowest BCUT2D eigenvalue weighted by Gasteiger charge is -2.35. The number of hydrogen-bond donors (Lipinski definition) is 1. The summed E-state index contributed by atoms with van der Waals surface area (Å²) in [6, 6.07) is 10.2. The number of nitrogens with zero attached hydrogens (tertiary/aromatic N) is 2. The number of benzene rings is 2. The highest BCUT2D eigenvalue weighted by Gasteiger charge is 2.24. The molecule has 1 amide bonds. The number of halogens is 1. The zero-order chi connectivity index (χ0) is 21.2. The van der Waals surface area contributed by atoms with E-state index in [1.165, 1.54) is 19.1 Å². The minimum absolute atomic E-state index is 0.0152. The van der Waals surface area contributed by atoms with Crippen LogP contribution in [-0.4, -0.2) is 57.4 Å². The molecule has 8 heteroatoms. The van der Waals surface area contributed by atoms with E-state index in [-0.39, 0.29) is 22.4 Å². The lowest BCUT2D eigenvalue weighted by Crippen LogP contribution is -2.44. The molecule has 156 valence electrons. The van der Waals surface area contributed by atoms with Crippen LogP contribution in [0.2, 0.25) is 0 Å². The second-order valence-corrected chi connectivity index (χ2v) is 9.23. The van der Waals surface area contributed by atoms with Gasteiger partial charge in [-0.15, -0.1) is 0 Å². The van der Waals surface area contributed by atoms with Gasteiger partial charge >= 0.3 is 0 Å². The van der Waals surface area contributed by atoms with Gasteiger partial charge in [-0.05, 0) is 87.9 Å². The molecule has 1 fully saturated rings. The molecule has 2 aromatic carbocycles. The first kappa shape index (κ1) is 21.3. The summed E-state index contributed by atoms with van der Waals surface area (Å²) in [5.41, 5.74) is 1.10. The molecule has 2 aromatic rings. The molecule has 0 radical (unpaired) electrons. The van der Waals surface area contributed by atoms with Crippen molar-refractivity contribution in [3.63, 3.8) is 0 Å². The Kier molecular flexibility index (Phi) is 6.24. The van der Waals surface area contributed by atoms with E-state index in [2.05, 4.69) is 16.7 Å². The molecule has 1 aliphatic heterocycles. The number of likely N-dealkylation sites (tertiary alicyclic amines) is 1. The molecule has 29 heavy (non-hydrogen) atoms. The highest BCUT2D eigenvalue weighted by atomic mass is 32.2. The Labute approximate surface area is 171 Å². The Bertz CT molecular complexity index is 985. The SMILES string of the molecule is Cc1cc(S(=O)(=O)Nc2ccc(C(=O)N(C)C3CCN(C)CC3)cc2)ccc1F. The van der Waals surface area contributed by atoms with Crippen molar-refractivity contribution in [3.05, 3.63) is 59.4 Å². The van der Waals surface area contributed by atoms with Crippen LogP contribution in [-0.2, 0) is 10.0 Å². The van der Waals surface area contributed by atoms with Crippen LogP contribution in [0.3, 0.4) is 0 Å². The van der Waals surface area contributed by atoms with E-state index >= 15 is 0 Å². The van der Waals surface area contributed by atoms with Gasteiger partial charge in [0, 0.05) is 24.3 Å². The van der Waals surface area contributed by atoms with Gasteiger partial charge in [0.25, 0.3) is 15.9 Å². The molecule has 3 rings (SSSR count). The molecule has 0 unspecified atom stereocenters. The van der Waals surface area contributed by atoms with Gasteiger partial charge in [0.05, 0.1) is 4.90 Å². The number of aryl methyl sites for hydroxylation is 1. The van der Waals surface area contributed by atoms with Gasteiger partial charge in [-0.25, -0.2) is 12.8 Å². The number of piperidine rings is 1. The fourth-order valence-corrected chi connectivity index (χ4v) is 4.57. The van der Waals surface area contributed by atoms with Crippen molar-refractivity contribution < 1.29 is 17.6 Å². The van der Waals surface area contributed by atoms with Crippen LogP contribution >= 0.6 is 0 Å². The predicted octanol–water partition coefficient (Wildman–Crippen LogP) is 3.10. The normalized spacial score (nSPS) is 15.9. The van der Waals surface area contributed by atoms with Crippen LogP contribution in [0.15, 0.2) is 47.4 Å². The van der Waals surface area contributed by atoms with Gasteiger partial charge in [0.15, 0.2) is 0 Å². The minimum atomic E-state index is -3.84. The Morgan fingerprint density at radius 1 is 1.14 bits per heavy atom. The van der Waals surface area contributed by atoms with Crippen molar-refractivity contribution in [3.8, 4) is 0 Å². The number of carbonyl (C=O) groups excluding carboxylic acids is 1. The van der Waals surface area contributed by atoms with Crippen LogP contribution < -0.4 is 4.72 Å². The summed E-state index contributed by atoms with van der Waals surface area (Å²) in [4.78, 5) is 16.8. The molecule has 1 saturated heterocycles. The van der Waals surface area contributed by atoms with Gasteiger partial charge in [-0.2, -0.15) is 0 Å². The molecule has 0 bridgehead atoms. The molecule has 0 atom stereocenters. The molecular weight excluding hydrogens is 393 g/mol. The quantitative estimate of drug-likeness (QED) is 0.809. The van der Waals surface area contributed by atoms with Crippen molar-refractivity contribution in [1.29, 1.82) is 0 Å². The number of hydrogen-bond acceptors (Lipinski definition) is 4. The van der Waals surface area contributed by atoms with Crippen LogP contribution in [0.25, 0.3) is 0 Å². The predicted molar refractivity (Wildman–Crippen MR) is 111 cm³/mol. The van der Waals surface area contributed by atoms with Crippen LogP contribution in [0.5, 0.6) is 0 Å². The number of nitrogens with one attached hydrogen (secondary N) is 1. The molecule has 1 aliphatic rings. The lowest BCUT2D eigenvalue weighted by atomic mass is 10.0. The van der Waals surface area contributed by atoms with Crippen molar-refractivity contribution in [2.75, 3.05) is 31.9 Å². The Morgan fingerprint density at radius 3 is 2.34 bits per heavy atom. The Balaban J connectivity index is 1.69. The average molecular weight is 420 g/mol. The third-order valence-electron chi connectivity index (χ3n) is 5.38. The smallest absolute Gasteiger partial charge is 0.261 e. The maximum atomic E-state index is 13.4. The van der Waals surface area contributed by atoms with Crippen molar-refractivity contribution in [2.24, 2.45) is 0 Å². The molecule has 0 saturated carbocycles. The minimum Gasteiger partial charge on any atom is -0.339 e. The lowest BCUT2D eigenvalue weighted by molar-refractivity contribution is 0.0659. The van der Waals surface area contributed by atoms with E-state index in [0.29, 0.717) is 11.3 Å². The van der Waals surface area contributed by atoms with Gasteiger partial charge < -0.3 is 9.80 Å². The first-order valence-electron chi connectivity index (χ1n) is 9.52. The molecular formula is C21H26FN3O3S.